The third-order valence-corrected chi connectivity index (χ3v) is 2.27. The van der Waals surface area contributed by atoms with Gasteiger partial charge in [0.2, 0.25) is 5.78 Å². The SMILES string of the molecule is CCc1cn2cc(C(=O)O)n(C)c2n1. The van der Waals surface area contributed by atoms with E-state index in [1.807, 2.05) is 13.1 Å². The molecule has 2 aromatic heterocycles. The van der Waals surface area contributed by atoms with Crippen LogP contribution < -0.4 is 0 Å². The van der Waals surface area contributed by atoms with Crippen LogP contribution in [0, 0.1) is 0 Å². The Balaban J connectivity index is 2.66. The lowest BCUT2D eigenvalue weighted by Gasteiger charge is -1.94. The number of aromatic nitrogens is 3. The quantitative estimate of drug-likeness (QED) is 0.771. The Labute approximate surface area is 80.6 Å². The van der Waals surface area contributed by atoms with Gasteiger partial charge in [0.05, 0.1) is 5.69 Å². The Morgan fingerprint density at radius 3 is 2.79 bits per heavy atom. The Kier molecular flexibility index (Phi) is 1.80. The molecule has 0 bridgehead atoms. The molecule has 0 atom stereocenters. The molecule has 0 spiro atoms. The van der Waals surface area contributed by atoms with Gasteiger partial charge in [0.15, 0.2) is 0 Å². The normalized spacial score (nSPS) is 11.0. The van der Waals surface area contributed by atoms with Gasteiger partial charge in [0.1, 0.15) is 5.69 Å². The molecule has 1 N–H and O–H groups in total. The molecule has 5 nitrogen and oxygen atoms in total. The molecule has 14 heavy (non-hydrogen) atoms. The Morgan fingerprint density at radius 1 is 1.57 bits per heavy atom. The van der Waals surface area contributed by atoms with E-state index in [0.29, 0.717) is 5.78 Å². The van der Waals surface area contributed by atoms with E-state index in [0.717, 1.165) is 12.1 Å². The van der Waals surface area contributed by atoms with E-state index >= 15 is 0 Å². The maximum atomic E-state index is 10.8. The van der Waals surface area contributed by atoms with E-state index in [1.54, 1.807) is 22.2 Å². The van der Waals surface area contributed by atoms with E-state index in [9.17, 15) is 4.79 Å². The lowest BCUT2D eigenvalue weighted by atomic mass is 10.4. The first kappa shape index (κ1) is 8.80. The number of carboxylic acids is 1. The van der Waals surface area contributed by atoms with Gasteiger partial charge in [-0.3, -0.25) is 4.40 Å². The van der Waals surface area contributed by atoms with Crippen molar-refractivity contribution in [3.63, 3.8) is 0 Å². The summed E-state index contributed by atoms with van der Waals surface area (Å²) >= 11 is 0. The fraction of sp³-hybridized carbons (Fsp3) is 0.333. The van der Waals surface area contributed by atoms with Crippen molar-refractivity contribution in [3.05, 3.63) is 23.8 Å². The zero-order chi connectivity index (χ0) is 10.3. The third-order valence-electron chi connectivity index (χ3n) is 2.27. The maximum absolute atomic E-state index is 10.8. The predicted octanol–water partition coefficient (Wildman–Crippen LogP) is 0.933. The second kappa shape index (κ2) is 2.87. The van der Waals surface area contributed by atoms with Gasteiger partial charge in [0.25, 0.3) is 0 Å². The first-order chi connectivity index (χ1) is 6.63. The molecule has 2 aromatic rings. The van der Waals surface area contributed by atoms with Crippen LogP contribution in [-0.4, -0.2) is 25.0 Å². The van der Waals surface area contributed by atoms with E-state index in [-0.39, 0.29) is 5.69 Å². The molecule has 0 aliphatic rings. The van der Waals surface area contributed by atoms with Crippen LogP contribution in [0.1, 0.15) is 23.1 Å². The third kappa shape index (κ3) is 1.09. The average molecular weight is 193 g/mol. The van der Waals surface area contributed by atoms with Crippen LogP contribution in [0.25, 0.3) is 5.78 Å². The smallest absolute Gasteiger partial charge is 0.354 e. The Morgan fingerprint density at radius 2 is 2.29 bits per heavy atom. The van der Waals surface area contributed by atoms with Crippen molar-refractivity contribution < 1.29 is 9.90 Å². The van der Waals surface area contributed by atoms with Gasteiger partial charge in [-0.05, 0) is 6.42 Å². The molecule has 0 saturated heterocycles. The zero-order valence-corrected chi connectivity index (χ0v) is 8.06. The Bertz CT molecular complexity index is 495. The van der Waals surface area contributed by atoms with Crippen molar-refractivity contribution in [1.82, 2.24) is 14.0 Å². The van der Waals surface area contributed by atoms with E-state index in [2.05, 4.69) is 4.98 Å². The molecule has 0 aliphatic carbocycles. The van der Waals surface area contributed by atoms with Gasteiger partial charge in [-0.1, -0.05) is 6.92 Å². The summed E-state index contributed by atoms with van der Waals surface area (Å²) in [5, 5.41) is 8.85. The molecule has 0 aliphatic heterocycles. The monoisotopic (exact) mass is 193 g/mol. The van der Waals surface area contributed by atoms with Gasteiger partial charge < -0.3 is 9.67 Å². The second-order valence-corrected chi connectivity index (χ2v) is 3.17. The second-order valence-electron chi connectivity index (χ2n) is 3.17. The van der Waals surface area contributed by atoms with Gasteiger partial charge in [0, 0.05) is 19.4 Å². The summed E-state index contributed by atoms with van der Waals surface area (Å²) in [4.78, 5) is 15.1. The van der Waals surface area contributed by atoms with E-state index in [1.165, 1.54) is 0 Å². The van der Waals surface area contributed by atoms with Gasteiger partial charge in [-0.2, -0.15) is 0 Å². The van der Waals surface area contributed by atoms with Crippen LogP contribution in [0.3, 0.4) is 0 Å². The fourth-order valence-electron chi connectivity index (χ4n) is 1.47. The number of imidazole rings is 2. The van der Waals surface area contributed by atoms with Crippen molar-refractivity contribution in [2.24, 2.45) is 7.05 Å². The lowest BCUT2D eigenvalue weighted by molar-refractivity contribution is 0.0687. The number of carbonyl (C=O) groups is 1. The van der Waals surface area contributed by atoms with Crippen molar-refractivity contribution in [2.45, 2.75) is 13.3 Å². The van der Waals surface area contributed by atoms with Crippen LogP contribution in [0.2, 0.25) is 0 Å². The number of aromatic carboxylic acids is 1. The largest absolute Gasteiger partial charge is 0.477 e. The molecule has 0 unspecified atom stereocenters. The van der Waals surface area contributed by atoms with Crippen LogP contribution in [0.4, 0.5) is 0 Å². The summed E-state index contributed by atoms with van der Waals surface area (Å²) in [7, 11) is 1.70. The average Bonchev–Trinajstić information content (AvgIpc) is 2.65. The molecule has 2 heterocycles. The minimum Gasteiger partial charge on any atom is -0.477 e. The highest BCUT2D eigenvalue weighted by molar-refractivity contribution is 5.86. The molecule has 0 amide bonds. The maximum Gasteiger partial charge on any atom is 0.354 e. The number of nitrogens with zero attached hydrogens (tertiary/aromatic N) is 3. The Hall–Kier alpha value is -1.78. The number of hydrogen-bond acceptors (Lipinski definition) is 2. The van der Waals surface area contributed by atoms with Gasteiger partial charge in [-0.15, -0.1) is 0 Å². The highest BCUT2D eigenvalue weighted by Gasteiger charge is 2.13. The predicted molar refractivity (Wildman–Crippen MR) is 50.5 cm³/mol. The molecule has 2 rings (SSSR count). The van der Waals surface area contributed by atoms with Gasteiger partial charge >= 0.3 is 5.97 Å². The molecular weight excluding hydrogens is 182 g/mol. The standard InChI is InChI=1S/C9H11N3O2/c1-3-6-4-12-5-7(8(13)14)11(2)9(12)10-6/h4-5H,3H2,1-2H3,(H,13,14). The van der Waals surface area contributed by atoms with Crippen LogP contribution in [0.5, 0.6) is 0 Å². The number of fused-ring (bicyclic) bond motifs is 1. The molecule has 0 aromatic carbocycles. The molecule has 74 valence electrons. The van der Waals surface area contributed by atoms with Crippen molar-refractivity contribution in [1.29, 1.82) is 0 Å². The lowest BCUT2D eigenvalue weighted by Crippen LogP contribution is -2.04. The van der Waals surface area contributed by atoms with E-state index in [4.69, 9.17) is 5.11 Å². The van der Waals surface area contributed by atoms with E-state index < -0.39 is 5.97 Å². The molecular formula is C9H11N3O2. The summed E-state index contributed by atoms with van der Waals surface area (Å²) in [6.45, 7) is 2.01. The number of rotatable bonds is 2. The highest BCUT2D eigenvalue weighted by atomic mass is 16.4. The zero-order valence-electron chi connectivity index (χ0n) is 8.06. The number of carboxylic acid groups (broad SMARTS) is 1. The summed E-state index contributed by atoms with van der Waals surface area (Å²) < 4.78 is 3.31. The summed E-state index contributed by atoms with van der Waals surface area (Å²) in [6, 6.07) is 0. The topological polar surface area (TPSA) is 59.5 Å². The van der Waals surface area contributed by atoms with Crippen molar-refractivity contribution in [3.8, 4) is 0 Å². The number of aryl methyl sites for hydroxylation is 2. The first-order valence-electron chi connectivity index (χ1n) is 4.40. The molecule has 0 saturated carbocycles. The molecule has 5 heteroatoms. The van der Waals surface area contributed by atoms with Crippen molar-refractivity contribution in [2.75, 3.05) is 0 Å². The van der Waals surface area contributed by atoms with Gasteiger partial charge in [-0.25, -0.2) is 9.78 Å². The van der Waals surface area contributed by atoms with Crippen LogP contribution in [-0.2, 0) is 13.5 Å². The number of hydrogen-bond donors (Lipinski definition) is 1. The minimum absolute atomic E-state index is 0.246. The highest BCUT2D eigenvalue weighted by Crippen LogP contribution is 2.10. The van der Waals surface area contributed by atoms with Crippen molar-refractivity contribution >= 4 is 11.7 Å². The fourth-order valence-corrected chi connectivity index (χ4v) is 1.47. The first-order valence-corrected chi connectivity index (χ1v) is 4.40. The minimum atomic E-state index is -0.934. The summed E-state index contributed by atoms with van der Waals surface area (Å²) in [5.74, 6) is -0.268. The summed E-state index contributed by atoms with van der Waals surface area (Å²) in [6.07, 6.45) is 4.27. The molecule has 0 fully saturated rings. The van der Waals surface area contributed by atoms with Crippen LogP contribution in [0.15, 0.2) is 12.4 Å². The molecule has 0 radical (unpaired) electrons. The summed E-state index contributed by atoms with van der Waals surface area (Å²) in [5.41, 5.74) is 1.21. The van der Waals surface area contributed by atoms with Crippen LogP contribution >= 0.6 is 0 Å².